The lowest BCUT2D eigenvalue weighted by Gasteiger charge is -2.36. The first kappa shape index (κ1) is 28.1. The highest BCUT2D eigenvalue weighted by Gasteiger charge is 2.27. The van der Waals surface area contributed by atoms with Crippen LogP contribution in [0.25, 0.3) is 0 Å². The molecule has 0 amide bonds. The molecule has 180 valence electrons. The number of imidazole rings is 1. The monoisotopic (exact) mass is 570 g/mol. The van der Waals surface area contributed by atoms with Crippen LogP contribution in [0.2, 0.25) is 0 Å². The molecule has 0 aromatic carbocycles. The van der Waals surface area contributed by atoms with E-state index >= 15 is 0 Å². The van der Waals surface area contributed by atoms with E-state index in [-0.39, 0.29) is 42.4 Å². The van der Waals surface area contributed by atoms with Crippen LogP contribution in [0.4, 0.5) is 0 Å². The smallest absolute Gasteiger partial charge is 0.216 e. The molecule has 1 saturated heterocycles. The van der Waals surface area contributed by atoms with Crippen LogP contribution in [-0.2, 0) is 21.3 Å². The molecule has 1 aliphatic heterocycles. The zero-order valence-corrected chi connectivity index (χ0v) is 22.4. The molecule has 1 N–H and O–H groups in total. The van der Waals surface area contributed by atoms with Crippen LogP contribution >= 0.6 is 24.0 Å². The summed E-state index contributed by atoms with van der Waals surface area (Å²) >= 11 is 0. The summed E-state index contributed by atoms with van der Waals surface area (Å²) in [6, 6.07) is 0. The molecule has 2 rings (SSSR count). The average molecular weight is 571 g/mol. The zero-order valence-electron chi connectivity index (χ0n) is 19.3. The van der Waals surface area contributed by atoms with Crippen LogP contribution in [0.3, 0.4) is 0 Å². The Morgan fingerprint density at radius 2 is 1.97 bits per heavy atom. The fourth-order valence-corrected chi connectivity index (χ4v) is 4.63. The third-order valence-electron chi connectivity index (χ3n) is 5.05. The van der Waals surface area contributed by atoms with Gasteiger partial charge < -0.3 is 19.5 Å². The maximum absolute atomic E-state index is 12.5. The van der Waals surface area contributed by atoms with Gasteiger partial charge in [0.25, 0.3) is 0 Å². The summed E-state index contributed by atoms with van der Waals surface area (Å²) < 4.78 is 34.2. The third-order valence-corrected chi connectivity index (χ3v) is 6.89. The van der Waals surface area contributed by atoms with Crippen LogP contribution < -0.4 is 5.32 Å². The molecule has 0 spiro atoms. The highest BCUT2D eigenvalue weighted by atomic mass is 127. The number of aryl methyl sites for hydroxylation is 2. The minimum atomic E-state index is -3.28. The highest BCUT2D eigenvalue weighted by Crippen LogP contribution is 2.09. The van der Waals surface area contributed by atoms with Gasteiger partial charge in [0.05, 0.1) is 18.5 Å². The molecular weight excluding hydrogens is 531 g/mol. The number of sulfonamides is 1. The molecule has 0 radical (unpaired) electrons. The van der Waals surface area contributed by atoms with Gasteiger partial charge in [0.15, 0.2) is 5.96 Å². The number of hydrogen-bond donors (Lipinski definition) is 1. The summed E-state index contributed by atoms with van der Waals surface area (Å²) in [6.07, 6.45) is 5.92. The fraction of sp³-hybridized carbons (Fsp3) is 0.800. The largest absolute Gasteiger partial charge is 0.378 e. The standard InChI is InChI=1S/C20H38N6O3S.HI/c1-5-21-20(23-8-6-7-10-24-11-9-22-19(24)4)25-12-14-26(15-13-25)30(27,28)17-16-29-18(2)3;/h9,11,18H,5-8,10,12-17H2,1-4H3,(H,21,23);1H. The van der Waals surface area contributed by atoms with E-state index in [4.69, 9.17) is 9.73 Å². The summed E-state index contributed by atoms with van der Waals surface area (Å²) in [7, 11) is -3.28. The summed E-state index contributed by atoms with van der Waals surface area (Å²) in [5, 5.41) is 3.34. The second-order valence-corrected chi connectivity index (χ2v) is 9.82. The van der Waals surface area contributed by atoms with E-state index in [9.17, 15) is 8.42 Å². The maximum Gasteiger partial charge on any atom is 0.216 e. The molecule has 0 unspecified atom stereocenters. The SMILES string of the molecule is CCNC(=NCCCCn1ccnc1C)N1CCN(S(=O)(=O)CCOC(C)C)CC1.I. The van der Waals surface area contributed by atoms with Gasteiger partial charge in [0.2, 0.25) is 10.0 Å². The molecular formula is C20H39IN6O3S. The quantitative estimate of drug-likeness (QED) is 0.189. The maximum atomic E-state index is 12.5. The predicted octanol–water partition coefficient (Wildman–Crippen LogP) is 1.93. The Hall–Kier alpha value is -0.920. The van der Waals surface area contributed by atoms with Crippen molar-refractivity contribution < 1.29 is 13.2 Å². The summed E-state index contributed by atoms with van der Waals surface area (Å²) in [5.41, 5.74) is 0. The summed E-state index contributed by atoms with van der Waals surface area (Å²) in [6.45, 7) is 12.9. The number of hydrogen-bond acceptors (Lipinski definition) is 5. The average Bonchev–Trinajstić information content (AvgIpc) is 3.11. The van der Waals surface area contributed by atoms with E-state index in [0.29, 0.717) is 26.2 Å². The molecule has 1 aromatic heterocycles. The number of unbranched alkanes of at least 4 members (excludes halogenated alkanes) is 1. The van der Waals surface area contributed by atoms with E-state index in [2.05, 4.69) is 19.8 Å². The molecule has 2 heterocycles. The Morgan fingerprint density at radius 1 is 1.26 bits per heavy atom. The van der Waals surface area contributed by atoms with Crippen LogP contribution in [0, 0.1) is 6.92 Å². The summed E-state index contributed by atoms with van der Waals surface area (Å²) in [5.74, 6) is 1.95. The molecule has 1 fully saturated rings. The van der Waals surface area contributed by atoms with Gasteiger partial charge in [-0.15, -0.1) is 24.0 Å². The lowest BCUT2D eigenvalue weighted by Crippen LogP contribution is -2.54. The van der Waals surface area contributed by atoms with E-state index in [1.165, 1.54) is 0 Å². The second-order valence-electron chi connectivity index (χ2n) is 7.73. The molecule has 0 aliphatic carbocycles. The zero-order chi connectivity index (χ0) is 22.0. The van der Waals surface area contributed by atoms with Crippen molar-refractivity contribution in [2.24, 2.45) is 4.99 Å². The first-order valence-electron chi connectivity index (χ1n) is 10.9. The number of aliphatic imine (C=N–C) groups is 1. The topological polar surface area (TPSA) is 92.1 Å². The van der Waals surface area contributed by atoms with Crippen molar-refractivity contribution in [2.75, 3.05) is 51.6 Å². The van der Waals surface area contributed by atoms with E-state index in [1.807, 2.05) is 40.1 Å². The Bertz CT molecular complexity index is 761. The number of aromatic nitrogens is 2. The van der Waals surface area contributed by atoms with Gasteiger partial charge in [0, 0.05) is 58.2 Å². The lowest BCUT2D eigenvalue weighted by molar-refractivity contribution is 0.0904. The van der Waals surface area contributed by atoms with Gasteiger partial charge in [-0.1, -0.05) is 0 Å². The van der Waals surface area contributed by atoms with E-state index < -0.39 is 10.0 Å². The van der Waals surface area contributed by atoms with Crippen LogP contribution in [0.5, 0.6) is 0 Å². The minimum Gasteiger partial charge on any atom is -0.378 e. The minimum absolute atomic E-state index is 0. The second kappa shape index (κ2) is 14.3. The molecule has 1 aromatic rings. The Labute approximate surface area is 204 Å². The number of ether oxygens (including phenoxy) is 1. The van der Waals surface area contributed by atoms with Crippen molar-refractivity contribution in [3.8, 4) is 0 Å². The fourth-order valence-electron chi connectivity index (χ4n) is 3.34. The van der Waals surface area contributed by atoms with E-state index in [0.717, 1.165) is 44.3 Å². The number of guanidine groups is 1. The Kier molecular flexibility index (Phi) is 12.9. The van der Waals surface area contributed by atoms with Gasteiger partial charge in [-0.2, -0.15) is 4.31 Å². The number of halogens is 1. The van der Waals surface area contributed by atoms with Crippen molar-refractivity contribution in [1.29, 1.82) is 0 Å². The van der Waals surface area contributed by atoms with Crippen molar-refractivity contribution >= 4 is 40.0 Å². The normalized spacial score (nSPS) is 15.9. The van der Waals surface area contributed by atoms with Gasteiger partial charge in [-0.3, -0.25) is 4.99 Å². The number of rotatable bonds is 11. The van der Waals surface area contributed by atoms with E-state index in [1.54, 1.807) is 4.31 Å². The molecule has 11 heteroatoms. The van der Waals surface area contributed by atoms with Crippen LogP contribution in [-0.4, -0.2) is 90.9 Å². The Morgan fingerprint density at radius 3 is 2.55 bits per heavy atom. The van der Waals surface area contributed by atoms with Crippen molar-refractivity contribution in [3.63, 3.8) is 0 Å². The van der Waals surface area contributed by atoms with Gasteiger partial charge in [-0.05, 0) is 40.5 Å². The van der Waals surface area contributed by atoms with Crippen molar-refractivity contribution in [2.45, 2.75) is 53.2 Å². The highest BCUT2D eigenvalue weighted by molar-refractivity contribution is 14.0. The van der Waals surface area contributed by atoms with Gasteiger partial charge >= 0.3 is 0 Å². The molecule has 0 bridgehead atoms. The molecule has 1 aliphatic rings. The van der Waals surface area contributed by atoms with Crippen LogP contribution in [0.15, 0.2) is 17.4 Å². The molecule has 31 heavy (non-hydrogen) atoms. The molecule has 0 saturated carbocycles. The molecule has 0 atom stereocenters. The van der Waals surface area contributed by atoms with Crippen molar-refractivity contribution in [3.05, 3.63) is 18.2 Å². The number of nitrogens with zero attached hydrogens (tertiary/aromatic N) is 5. The third kappa shape index (κ3) is 9.62. The van der Waals surface area contributed by atoms with Crippen molar-refractivity contribution in [1.82, 2.24) is 24.1 Å². The first-order chi connectivity index (χ1) is 14.3. The number of nitrogens with one attached hydrogen (secondary N) is 1. The van der Waals surface area contributed by atoms with Gasteiger partial charge in [0.1, 0.15) is 5.82 Å². The van der Waals surface area contributed by atoms with Gasteiger partial charge in [-0.25, -0.2) is 13.4 Å². The number of piperazine rings is 1. The van der Waals surface area contributed by atoms with Crippen LogP contribution in [0.1, 0.15) is 39.4 Å². The molecule has 9 nitrogen and oxygen atoms in total. The lowest BCUT2D eigenvalue weighted by atomic mass is 10.3. The predicted molar refractivity (Wildman–Crippen MR) is 136 cm³/mol. The summed E-state index contributed by atoms with van der Waals surface area (Å²) in [4.78, 5) is 11.1. The first-order valence-corrected chi connectivity index (χ1v) is 12.5. The Balaban J connectivity index is 0.00000480.